The molecule has 0 aliphatic heterocycles. The van der Waals surface area contributed by atoms with Crippen molar-refractivity contribution in [3.63, 3.8) is 0 Å². The molecular weight excluding hydrogens is 452 g/mol. The first kappa shape index (κ1) is 21.7. The molecule has 9 nitrogen and oxygen atoms in total. The van der Waals surface area contributed by atoms with Gasteiger partial charge >= 0.3 is 11.4 Å². The SMILES string of the molecule is Cc1nc2ccc(/N=c3\[nH]c(=O)n(CCC(N)=O)c(=O)n3Cc3ccc(Cl)cc3)cc2s1. The number of amides is 1. The molecule has 32 heavy (non-hydrogen) atoms. The number of aromatic nitrogens is 4. The number of carbonyl (C=O) groups is 1. The largest absolute Gasteiger partial charge is 0.370 e. The number of hydrogen-bond acceptors (Lipinski definition) is 6. The van der Waals surface area contributed by atoms with Gasteiger partial charge in [0, 0.05) is 18.0 Å². The fraction of sp³-hybridized carbons (Fsp3) is 0.190. The molecule has 11 heteroatoms. The lowest BCUT2D eigenvalue weighted by molar-refractivity contribution is -0.118. The number of hydrogen-bond donors (Lipinski definition) is 2. The Kier molecular flexibility index (Phi) is 6.06. The van der Waals surface area contributed by atoms with Crippen LogP contribution in [0.5, 0.6) is 0 Å². The van der Waals surface area contributed by atoms with Crippen LogP contribution in [0.25, 0.3) is 10.2 Å². The van der Waals surface area contributed by atoms with E-state index in [1.165, 1.54) is 15.9 Å². The fourth-order valence-electron chi connectivity index (χ4n) is 3.20. The molecule has 1 amide bonds. The van der Waals surface area contributed by atoms with Gasteiger partial charge in [-0.1, -0.05) is 23.7 Å². The number of H-pyrrole nitrogens is 1. The van der Waals surface area contributed by atoms with Crippen LogP contribution in [-0.4, -0.2) is 25.0 Å². The standard InChI is InChI=1S/C21H19ClN6O3S/c1-12-24-16-7-6-15(10-17(16)32-12)25-19-26-20(30)27(9-8-18(23)29)21(31)28(19)11-13-2-4-14(22)5-3-13/h2-7,10H,8-9,11H2,1H3,(H2,23,29)(H,25,26,30). The summed E-state index contributed by atoms with van der Waals surface area (Å²) in [6.45, 7) is 1.94. The van der Waals surface area contributed by atoms with Crippen LogP contribution in [0.1, 0.15) is 17.0 Å². The molecule has 2 aromatic heterocycles. The van der Waals surface area contributed by atoms with Gasteiger partial charge in [0.1, 0.15) is 0 Å². The second kappa shape index (κ2) is 8.93. The summed E-state index contributed by atoms with van der Waals surface area (Å²) in [7, 11) is 0. The number of halogens is 1. The van der Waals surface area contributed by atoms with Gasteiger partial charge < -0.3 is 5.73 Å². The van der Waals surface area contributed by atoms with Gasteiger partial charge in [0.2, 0.25) is 11.5 Å². The molecule has 0 saturated heterocycles. The van der Waals surface area contributed by atoms with Gasteiger partial charge in [-0.3, -0.25) is 14.3 Å². The predicted molar refractivity (Wildman–Crippen MR) is 123 cm³/mol. The number of nitrogens with zero attached hydrogens (tertiary/aromatic N) is 4. The number of benzene rings is 2. The van der Waals surface area contributed by atoms with E-state index in [-0.39, 0.29) is 25.1 Å². The third-order valence-electron chi connectivity index (χ3n) is 4.73. The van der Waals surface area contributed by atoms with E-state index in [1.54, 1.807) is 30.3 Å². The highest BCUT2D eigenvalue weighted by Crippen LogP contribution is 2.25. The van der Waals surface area contributed by atoms with Gasteiger partial charge in [0.25, 0.3) is 0 Å². The summed E-state index contributed by atoms with van der Waals surface area (Å²) >= 11 is 7.50. The van der Waals surface area contributed by atoms with Crippen LogP contribution in [0.15, 0.2) is 57.0 Å². The molecule has 0 bridgehead atoms. The Morgan fingerprint density at radius 1 is 1.19 bits per heavy atom. The molecule has 164 valence electrons. The molecule has 3 N–H and O–H groups in total. The average molecular weight is 471 g/mol. The number of aromatic amines is 1. The molecule has 0 aliphatic carbocycles. The van der Waals surface area contributed by atoms with E-state index in [0.717, 1.165) is 25.4 Å². The first-order valence-electron chi connectivity index (χ1n) is 9.69. The Labute approximate surface area is 190 Å². The Morgan fingerprint density at radius 2 is 1.94 bits per heavy atom. The number of fused-ring (bicyclic) bond motifs is 1. The van der Waals surface area contributed by atoms with Crippen LogP contribution in [0.2, 0.25) is 5.02 Å². The van der Waals surface area contributed by atoms with E-state index >= 15 is 0 Å². The number of primary amides is 1. The molecule has 0 spiro atoms. The topological polar surface area (TPSA) is 128 Å². The Bertz CT molecular complexity index is 1500. The molecule has 0 radical (unpaired) electrons. The van der Waals surface area contributed by atoms with Crippen molar-refractivity contribution in [2.75, 3.05) is 0 Å². The van der Waals surface area contributed by atoms with Crippen LogP contribution in [0.3, 0.4) is 0 Å². The van der Waals surface area contributed by atoms with Crippen molar-refractivity contribution in [1.82, 2.24) is 19.1 Å². The van der Waals surface area contributed by atoms with Crippen LogP contribution >= 0.6 is 22.9 Å². The normalized spacial score (nSPS) is 11.9. The fourth-order valence-corrected chi connectivity index (χ4v) is 4.18. The van der Waals surface area contributed by atoms with Crippen molar-refractivity contribution in [3.8, 4) is 0 Å². The molecule has 4 rings (SSSR count). The molecule has 0 unspecified atom stereocenters. The van der Waals surface area contributed by atoms with Crippen LogP contribution < -0.4 is 22.7 Å². The summed E-state index contributed by atoms with van der Waals surface area (Å²) < 4.78 is 3.23. The van der Waals surface area contributed by atoms with Gasteiger partial charge in [-0.2, -0.15) is 0 Å². The van der Waals surface area contributed by atoms with Crippen molar-refractivity contribution >= 4 is 44.7 Å². The smallest absolute Gasteiger partial charge is 0.335 e. The summed E-state index contributed by atoms with van der Waals surface area (Å²) in [6.07, 6.45) is -0.137. The molecule has 2 heterocycles. The van der Waals surface area contributed by atoms with E-state index in [1.807, 2.05) is 19.1 Å². The third kappa shape index (κ3) is 4.71. The summed E-state index contributed by atoms with van der Waals surface area (Å²) in [6, 6.07) is 12.5. The van der Waals surface area contributed by atoms with Crippen molar-refractivity contribution in [3.05, 3.63) is 84.6 Å². The average Bonchev–Trinajstić information content (AvgIpc) is 3.11. The van der Waals surface area contributed by atoms with Gasteiger partial charge in [-0.05, 0) is 42.8 Å². The lowest BCUT2D eigenvalue weighted by Crippen LogP contribution is -2.50. The van der Waals surface area contributed by atoms with E-state index in [2.05, 4.69) is 15.0 Å². The summed E-state index contributed by atoms with van der Waals surface area (Å²) in [5.41, 5.74) is 6.22. The zero-order chi connectivity index (χ0) is 22.8. The lowest BCUT2D eigenvalue weighted by Gasteiger charge is -2.11. The molecular formula is C21H19ClN6O3S. The van der Waals surface area contributed by atoms with E-state index in [0.29, 0.717) is 10.7 Å². The highest BCUT2D eigenvalue weighted by atomic mass is 35.5. The minimum Gasteiger partial charge on any atom is -0.370 e. The number of aryl methyl sites for hydroxylation is 1. The van der Waals surface area contributed by atoms with Crippen LogP contribution in [-0.2, 0) is 17.9 Å². The zero-order valence-electron chi connectivity index (χ0n) is 17.0. The quantitative estimate of drug-likeness (QED) is 0.447. The second-order valence-electron chi connectivity index (χ2n) is 7.11. The number of nitrogens with two attached hydrogens (primary N) is 1. The van der Waals surface area contributed by atoms with Gasteiger partial charge in [0.15, 0.2) is 0 Å². The van der Waals surface area contributed by atoms with Crippen LogP contribution in [0.4, 0.5) is 5.69 Å². The number of nitrogens with one attached hydrogen (secondary N) is 1. The Morgan fingerprint density at radius 3 is 2.66 bits per heavy atom. The molecule has 0 fully saturated rings. The van der Waals surface area contributed by atoms with E-state index in [4.69, 9.17) is 17.3 Å². The molecule has 2 aromatic carbocycles. The van der Waals surface area contributed by atoms with E-state index < -0.39 is 17.3 Å². The third-order valence-corrected chi connectivity index (χ3v) is 5.92. The first-order valence-corrected chi connectivity index (χ1v) is 10.9. The molecule has 0 aliphatic rings. The predicted octanol–water partition coefficient (Wildman–Crippen LogP) is 2.07. The maximum atomic E-state index is 13.2. The zero-order valence-corrected chi connectivity index (χ0v) is 18.6. The molecule has 0 atom stereocenters. The maximum absolute atomic E-state index is 13.2. The Balaban J connectivity index is 1.87. The summed E-state index contributed by atoms with van der Waals surface area (Å²) in [4.78, 5) is 48.5. The van der Waals surface area contributed by atoms with Crippen molar-refractivity contribution < 1.29 is 4.79 Å². The van der Waals surface area contributed by atoms with Crippen molar-refractivity contribution in [2.24, 2.45) is 10.7 Å². The first-order chi connectivity index (χ1) is 15.3. The minimum absolute atomic E-state index is 0.0888. The second-order valence-corrected chi connectivity index (χ2v) is 8.78. The lowest BCUT2D eigenvalue weighted by atomic mass is 10.2. The summed E-state index contributed by atoms with van der Waals surface area (Å²) in [5.74, 6) is -0.609. The number of carbonyl (C=O) groups excluding carboxylic acids is 1. The monoisotopic (exact) mass is 470 g/mol. The minimum atomic E-state index is -0.669. The van der Waals surface area contributed by atoms with Crippen molar-refractivity contribution in [2.45, 2.75) is 26.4 Å². The number of thiazole rings is 1. The van der Waals surface area contributed by atoms with Gasteiger partial charge in [-0.25, -0.2) is 24.1 Å². The maximum Gasteiger partial charge on any atom is 0.335 e. The van der Waals surface area contributed by atoms with E-state index in [9.17, 15) is 14.4 Å². The summed E-state index contributed by atoms with van der Waals surface area (Å²) in [5, 5.41) is 1.50. The van der Waals surface area contributed by atoms with Crippen LogP contribution in [0, 0.1) is 6.92 Å². The van der Waals surface area contributed by atoms with Gasteiger partial charge in [0.05, 0.1) is 27.5 Å². The Hall–Kier alpha value is -3.50. The molecule has 0 saturated carbocycles. The van der Waals surface area contributed by atoms with Crippen molar-refractivity contribution in [1.29, 1.82) is 0 Å². The number of rotatable bonds is 6. The highest BCUT2D eigenvalue weighted by molar-refractivity contribution is 7.18. The highest BCUT2D eigenvalue weighted by Gasteiger charge is 2.11. The van der Waals surface area contributed by atoms with Gasteiger partial charge in [-0.15, -0.1) is 11.3 Å². The molecule has 4 aromatic rings.